The van der Waals surface area contributed by atoms with Gasteiger partial charge in [-0.25, -0.2) is 4.79 Å². The zero-order valence-electron chi connectivity index (χ0n) is 20.6. The number of nitrogens with two attached hydrogens (primary N) is 1. The number of ether oxygens (including phenoxy) is 2. The van der Waals surface area contributed by atoms with Crippen LogP contribution in [-0.4, -0.2) is 50.7 Å². The molecule has 0 amide bonds. The van der Waals surface area contributed by atoms with E-state index in [1.165, 1.54) is 76.5 Å². The van der Waals surface area contributed by atoms with Gasteiger partial charge < -0.3 is 25.4 Å². The van der Waals surface area contributed by atoms with E-state index in [2.05, 4.69) is 11.9 Å². The largest absolute Gasteiger partial charge is 0.463 e. The van der Waals surface area contributed by atoms with Gasteiger partial charge in [-0.15, -0.1) is 0 Å². The Bertz CT molecular complexity index is 771. The Labute approximate surface area is 202 Å². The molecular formula is C25H43N3O6. The number of nitrogen functional groups attached to an aromatic ring is 1. The van der Waals surface area contributed by atoms with Crippen molar-refractivity contribution in [3.63, 3.8) is 0 Å². The molecule has 1 fully saturated rings. The molecule has 0 saturated carbocycles. The number of hydrogen-bond acceptors (Lipinski definition) is 8. The number of carbonyl (C=O) groups excluding carboxylic acids is 1. The van der Waals surface area contributed by atoms with Crippen LogP contribution in [-0.2, 0) is 14.3 Å². The minimum atomic E-state index is -1.35. The Hall–Kier alpha value is -1.97. The molecule has 0 unspecified atom stereocenters. The van der Waals surface area contributed by atoms with E-state index < -0.39 is 30.2 Å². The third-order valence-corrected chi connectivity index (χ3v) is 6.36. The fourth-order valence-corrected chi connectivity index (χ4v) is 4.25. The van der Waals surface area contributed by atoms with Crippen LogP contribution in [0.1, 0.15) is 103 Å². The number of esters is 1. The van der Waals surface area contributed by atoms with E-state index in [9.17, 15) is 19.8 Å². The molecule has 4 atom stereocenters. The molecule has 194 valence electrons. The number of rotatable bonds is 17. The Kier molecular flexibility index (Phi) is 13.2. The van der Waals surface area contributed by atoms with Crippen LogP contribution < -0.4 is 11.4 Å². The van der Waals surface area contributed by atoms with Crippen molar-refractivity contribution in [2.45, 2.75) is 121 Å². The topological polar surface area (TPSA) is 137 Å². The first kappa shape index (κ1) is 28.3. The zero-order valence-corrected chi connectivity index (χ0v) is 20.6. The second-order valence-corrected chi connectivity index (χ2v) is 9.26. The molecule has 4 N–H and O–H groups in total. The Morgan fingerprint density at radius 3 is 2.12 bits per heavy atom. The fourth-order valence-electron chi connectivity index (χ4n) is 4.25. The lowest BCUT2D eigenvalue weighted by Crippen LogP contribution is -2.36. The van der Waals surface area contributed by atoms with Gasteiger partial charge in [0, 0.05) is 12.6 Å². The summed E-state index contributed by atoms with van der Waals surface area (Å²) in [5.74, 6) is -0.309. The number of aliphatic hydroxyl groups excluding tert-OH is 2. The van der Waals surface area contributed by atoms with Gasteiger partial charge in [0.2, 0.25) is 0 Å². The summed E-state index contributed by atoms with van der Waals surface area (Å²) in [5, 5.41) is 20.5. The van der Waals surface area contributed by atoms with Gasteiger partial charge in [0.1, 0.15) is 30.7 Å². The van der Waals surface area contributed by atoms with Crippen LogP contribution in [0.4, 0.5) is 5.82 Å². The summed E-state index contributed by atoms with van der Waals surface area (Å²) in [6, 6.07) is 1.40. The fraction of sp³-hybridized carbons (Fsp3) is 0.800. The molecule has 2 rings (SSSR count). The van der Waals surface area contributed by atoms with Gasteiger partial charge in [0.25, 0.3) is 0 Å². The van der Waals surface area contributed by atoms with Crippen molar-refractivity contribution in [1.82, 2.24) is 9.55 Å². The highest BCUT2D eigenvalue weighted by molar-refractivity contribution is 5.69. The van der Waals surface area contributed by atoms with Crippen molar-refractivity contribution in [3.05, 3.63) is 22.7 Å². The number of nitrogens with zero attached hydrogens (tertiary/aromatic N) is 2. The van der Waals surface area contributed by atoms with Crippen molar-refractivity contribution in [3.8, 4) is 0 Å². The van der Waals surface area contributed by atoms with Crippen molar-refractivity contribution in [2.24, 2.45) is 0 Å². The third kappa shape index (κ3) is 9.72. The first-order valence-corrected chi connectivity index (χ1v) is 13.0. The van der Waals surface area contributed by atoms with E-state index in [-0.39, 0.29) is 18.4 Å². The van der Waals surface area contributed by atoms with Crippen LogP contribution in [0.15, 0.2) is 17.1 Å². The lowest BCUT2D eigenvalue weighted by molar-refractivity contribution is -0.150. The Morgan fingerprint density at radius 2 is 1.56 bits per heavy atom. The first-order chi connectivity index (χ1) is 16.4. The molecule has 34 heavy (non-hydrogen) atoms. The standard InChI is InChI=1S/C25H43N3O6/c1-2-3-4-5-6-7-8-9-10-11-12-13-14-15-21(29)33-18-19-22(30)23(31)24(34-19)28-17-16-20(26)27-25(28)32/h16-17,19,22-24,30-31H,2-15,18H2,1H3,(H2,26,27,32)/t19-,22-,23-,24-/m1/s1. The molecule has 0 aliphatic carbocycles. The number of anilines is 1. The summed E-state index contributed by atoms with van der Waals surface area (Å²) in [6.45, 7) is 2.05. The van der Waals surface area contributed by atoms with E-state index in [4.69, 9.17) is 15.2 Å². The van der Waals surface area contributed by atoms with Gasteiger partial charge in [-0.3, -0.25) is 9.36 Å². The van der Waals surface area contributed by atoms with Crippen LogP contribution >= 0.6 is 0 Å². The minimum absolute atomic E-state index is 0.0490. The van der Waals surface area contributed by atoms with Gasteiger partial charge in [0.15, 0.2) is 6.23 Å². The SMILES string of the molecule is CCCCCCCCCCCCCCCC(=O)OC[C@H]1O[C@@H](n2ccc(N)nc2=O)[C@H](O)[C@@H]1O. The van der Waals surface area contributed by atoms with Crippen molar-refractivity contribution >= 4 is 11.8 Å². The summed E-state index contributed by atoms with van der Waals surface area (Å²) >= 11 is 0. The molecule has 0 radical (unpaired) electrons. The summed E-state index contributed by atoms with van der Waals surface area (Å²) in [6.07, 6.45) is 13.0. The van der Waals surface area contributed by atoms with E-state index in [1.807, 2.05) is 0 Å². The molecule has 2 heterocycles. The van der Waals surface area contributed by atoms with Gasteiger partial charge in [-0.05, 0) is 12.5 Å². The summed E-state index contributed by atoms with van der Waals surface area (Å²) in [7, 11) is 0. The number of aromatic nitrogens is 2. The molecule has 0 spiro atoms. The van der Waals surface area contributed by atoms with Gasteiger partial charge >= 0.3 is 11.7 Å². The number of hydrogen-bond donors (Lipinski definition) is 3. The average molecular weight is 482 g/mol. The van der Waals surface area contributed by atoms with E-state index in [0.717, 1.165) is 23.8 Å². The van der Waals surface area contributed by atoms with Gasteiger partial charge in [-0.1, -0.05) is 84.0 Å². The normalized spacial score (nSPS) is 22.2. The maximum atomic E-state index is 12.0. The molecule has 9 heteroatoms. The molecule has 1 aliphatic heterocycles. The van der Waals surface area contributed by atoms with Crippen LogP contribution in [0, 0.1) is 0 Å². The molecule has 1 aromatic rings. The summed E-state index contributed by atoms with van der Waals surface area (Å²) in [5.41, 5.74) is 4.77. The molecule has 1 aromatic heterocycles. The smallest absolute Gasteiger partial charge is 0.351 e. The second kappa shape index (κ2) is 15.8. The highest BCUT2D eigenvalue weighted by Crippen LogP contribution is 2.28. The predicted octanol–water partition coefficient (Wildman–Crippen LogP) is 3.47. The van der Waals surface area contributed by atoms with Crippen LogP contribution in [0.5, 0.6) is 0 Å². The highest BCUT2D eigenvalue weighted by Gasteiger charge is 2.44. The van der Waals surface area contributed by atoms with E-state index in [1.54, 1.807) is 0 Å². The predicted molar refractivity (Wildman–Crippen MR) is 130 cm³/mol. The van der Waals surface area contributed by atoms with Crippen LogP contribution in [0.2, 0.25) is 0 Å². The minimum Gasteiger partial charge on any atom is -0.463 e. The van der Waals surface area contributed by atoms with Crippen LogP contribution in [0.25, 0.3) is 0 Å². The lowest BCUT2D eigenvalue weighted by atomic mass is 10.0. The van der Waals surface area contributed by atoms with Crippen LogP contribution in [0.3, 0.4) is 0 Å². The number of carbonyl (C=O) groups is 1. The van der Waals surface area contributed by atoms with Gasteiger partial charge in [-0.2, -0.15) is 4.98 Å². The molecule has 1 saturated heterocycles. The first-order valence-electron chi connectivity index (χ1n) is 13.0. The molecule has 0 bridgehead atoms. The summed E-state index contributed by atoms with van der Waals surface area (Å²) < 4.78 is 11.9. The summed E-state index contributed by atoms with van der Waals surface area (Å²) in [4.78, 5) is 27.6. The van der Waals surface area contributed by atoms with Crippen molar-refractivity contribution in [1.29, 1.82) is 0 Å². The lowest BCUT2D eigenvalue weighted by Gasteiger charge is -2.16. The van der Waals surface area contributed by atoms with E-state index in [0.29, 0.717) is 6.42 Å². The molecule has 0 aromatic carbocycles. The molecule has 9 nitrogen and oxygen atoms in total. The monoisotopic (exact) mass is 481 g/mol. The highest BCUT2D eigenvalue weighted by atomic mass is 16.6. The maximum Gasteiger partial charge on any atom is 0.351 e. The molecular weight excluding hydrogens is 438 g/mol. The maximum absolute atomic E-state index is 12.0. The second-order valence-electron chi connectivity index (χ2n) is 9.26. The third-order valence-electron chi connectivity index (χ3n) is 6.36. The number of aliphatic hydroxyl groups is 2. The Morgan fingerprint density at radius 1 is 1.00 bits per heavy atom. The van der Waals surface area contributed by atoms with Gasteiger partial charge in [0.05, 0.1) is 0 Å². The van der Waals surface area contributed by atoms with E-state index >= 15 is 0 Å². The quantitative estimate of drug-likeness (QED) is 0.227. The van der Waals surface area contributed by atoms with Crippen molar-refractivity contribution in [2.75, 3.05) is 12.3 Å². The number of unbranched alkanes of at least 4 members (excludes halogenated alkanes) is 12. The zero-order chi connectivity index (χ0) is 24.8. The van der Waals surface area contributed by atoms with Crippen molar-refractivity contribution < 1.29 is 24.5 Å². The average Bonchev–Trinajstić information content (AvgIpc) is 3.09. The Balaban J connectivity index is 1.52. The molecule has 1 aliphatic rings.